The molecule has 1 aliphatic heterocycles. The molecule has 30 heavy (non-hydrogen) atoms. The predicted molar refractivity (Wildman–Crippen MR) is 109 cm³/mol. The van der Waals surface area contributed by atoms with Gasteiger partial charge in [-0.2, -0.15) is 0 Å². The fraction of sp³-hybridized carbons (Fsp3) is 0.286. The number of anilines is 1. The molecule has 2 aromatic rings. The zero-order valence-electron chi connectivity index (χ0n) is 16.5. The molecule has 0 spiro atoms. The number of likely N-dealkylation sites (tertiary alicyclic amines) is 1. The van der Waals surface area contributed by atoms with Crippen LogP contribution >= 0.6 is 0 Å². The molecular formula is C21H23N5O4. The van der Waals surface area contributed by atoms with Gasteiger partial charge in [0.05, 0.1) is 23.5 Å². The number of primary amides is 2. The SMILES string of the molecule is C[C@@H]1CC[C@@H](c2cccc(C(N)=O)c2)N(C(=O)C(=O)Nc2cncc(C(N)=O)c2)C1. The van der Waals surface area contributed by atoms with Crippen LogP contribution in [0.2, 0.25) is 0 Å². The number of carbonyl (C=O) groups is 4. The van der Waals surface area contributed by atoms with Crippen molar-refractivity contribution >= 4 is 29.3 Å². The van der Waals surface area contributed by atoms with Crippen molar-refractivity contribution < 1.29 is 19.2 Å². The van der Waals surface area contributed by atoms with Crippen molar-refractivity contribution in [2.24, 2.45) is 17.4 Å². The number of nitrogens with zero attached hydrogens (tertiary/aromatic N) is 2. The highest BCUT2D eigenvalue weighted by Crippen LogP contribution is 2.33. The second-order valence-corrected chi connectivity index (χ2v) is 7.43. The lowest BCUT2D eigenvalue weighted by Gasteiger charge is -2.38. The molecule has 156 valence electrons. The number of amides is 4. The van der Waals surface area contributed by atoms with Crippen molar-refractivity contribution in [1.29, 1.82) is 0 Å². The maximum atomic E-state index is 13.0. The molecule has 9 heteroatoms. The number of hydrogen-bond donors (Lipinski definition) is 3. The lowest BCUT2D eigenvalue weighted by Crippen LogP contribution is -2.46. The Labute approximate surface area is 173 Å². The van der Waals surface area contributed by atoms with E-state index in [-0.39, 0.29) is 23.2 Å². The topological polar surface area (TPSA) is 148 Å². The Morgan fingerprint density at radius 1 is 1.03 bits per heavy atom. The Bertz CT molecular complexity index is 1010. The van der Waals surface area contributed by atoms with Gasteiger partial charge in [0.15, 0.2) is 0 Å². The zero-order chi connectivity index (χ0) is 21.8. The summed E-state index contributed by atoms with van der Waals surface area (Å²) in [5.74, 6) is -2.58. The second kappa shape index (κ2) is 8.73. The number of aromatic nitrogens is 1. The molecule has 1 saturated heterocycles. The molecule has 9 nitrogen and oxygen atoms in total. The summed E-state index contributed by atoms with van der Waals surface area (Å²) in [7, 11) is 0. The van der Waals surface area contributed by atoms with Crippen LogP contribution in [0.15, 0.2) is 42.7 Å². The van der Waals surface area contributed by atoms with Gasteiger partial charge in [-0.05, 0) is 42.5 Å². The van der Waals surface area contributed by atoms with Crippen molar-refractivity contribution in [2.45, 2.75) is 25.8 Å². The molecule has 1 fully saturated rings. The Morgan fingerprint density at radius 2 is 1.77 bits per heavy atom. The lowest BCUT2D eigenvalue weighted by atomic mass is 9.89. The first-order valence-corrected chi connectivity index (χ1v) is 9.53. The van der Waals surface area contributed by atoms with E-state index in [1.807, 2.05) is 13.0 Å². The van der Waals surface area contributed by atoms with Gasteiger partial charge in [0.2, 0.25) is 11.8 Å². The Morgan fingerprint density at radius 3 is 2.47 bits per heavy atom. The first-order valence-electron chi connectivity index (χ1n) is 9.53. The summed E-state index contributed by atoms with van der Waals surface area (Å²) >= 11 is 0. The Balaban J connectivity index is 1.83. The standard InChI is InChI=1S/C21H23N5O4/c1-12-5-6-17(13-3-2-4-14(7-13)18(22)27)26(11-12)21(30)20(29)25-16-8-15(19(23)28)9-24-10-16/h2-4,7-10,12,17H,5-6,11H2,1H3,(H2,22,27)(H2,23,28)(H,25,29)/t12-,17+/m1/s1. The minimum atomic E-state index is -0.844. The van der Waals surface area contributed by atoms with Gasteiger partial charge in [-0.15, -0.1) is 0 Å². The smallest absolute Gasteiger partial charge is 0.313 e. The maximum absolute atomic E-state index is 13.0. The number of hydrogen-bond acceptors (Lipinski definition) is 5. The van der Waals surface area contributed by atoms with Gasteiger partial charge in [-0.25, -0.2) is 0 Å². The molecule has 3 rings (SSSR count). The molecule has 1 aromatic carbocycles. The number of piperidine rings is 1. The van der Waals surface area contributed by atoms with Crippen LogP contribution in [0.1, 0.15) is 52.1 Å². The van der Waals surface area contributed by atoms with E-state index in [0.717, 1.165) is 12.0 Å². The third kappa shape index (κ3) is 4.62. The quantitative estimate of drug-likeness (QED) is 0.649. The van der Waals surface area contributed by atoms with Gasteiger partial charge >= 0.3 is 11.8 Å². The van der Waals surface area contributed by atoms with Crippen molar-refractivity contribution in [3.63, 3.8) is 0 Å². The average Bonchev–Trinajstić information content (AvgIpc) is 2.73. The molecule has 1 aliphatic rings. The molecule has 0 saturated carbocycles. The summed E-state index contributed by atoms with van der Waals surface area (Å²) in [6.07, 6.45) is 4.13. The van der Waals surface area contributed by atoms with Crippen molar-refractivity contribution in [3.8, 4) is 0 Å². The molecule has 1 aromatic heterocycles. The van der Waals surface area contributed by atoms with E-state index >= 15 is 0 Å². The zero-order valence-corrected chi connectivity index (χ0v) is 16.5. The third-order valence-corrected chi connectivity index (χ3v) is 5.11. The van der Waals surface area contributed by atoms with Gasteiger partial charge in [0, 0.05) is 18.3 Å². The highest BCUT2D eigenvalue weighted by molar-refractivity contribution is 6.39. The number of pyridine rings is 1. The van der Waals surface area contributed by atoms with Gasteiger partial charge in [-0.3, -0.25) is 24.2 Å². The number of carbonyl (C=O) groups excluding carboxylic acids is 4. The third-order valence-electron chi connectivity index (χ3n) is 5.11. The Hall–Kier alpha value is -3.75. The van der Waals surface area contributed by atoms with Gasteiger partial charge < -0.3 is 21.7 Å². The van der Waals surface area contributed by atoms with E-state index in [0.29, 0.717) is 18.5 Å². The highest BCUT2D eigenvalue weighted by atomic mass is 16.2. The molecule has 0 aliphatic carbocycles. The van der Waals surface area contributed by atoms with Gasteiger partial charge in [0.1, 0.15) is 0 Å². The first kappa shape index (κ1) is 21.0. The summed E-state index contributed by atoms with van der Waals surface area (Å²) < 4.78 is 0. The molecule has 2 heterocycles. The summed E-state index contributed by atoms with van der Waals surface area (Å²) in [6.45, 7) is 2.41. The fourth-order valence-electron chi connectivity index (χ4n) is 3.58. The molecular weight excluding hydrogens is 386 g/mol. The predicted octanol–water partition coefficient (Wildman–Crippen LogP) is 1.22. The largest absolute Gasteiger partial charge is 0.366 e. The van der Waals surface area contributed by atoms with Crippen molar-refractivity contribution in [1.82, 2.24) is 9.88 Å². The molecule has 0 unspecified atom stereocenters. The summed E-state index contributed by atoms with van der Waals surface area (Å²) in [5, 5.41) is 2.48. The molecule has 4 amide bonds. The van der Waals surface area contributed by atoms with E-state index in [1.54, 1.807) is 18.2 Å². The van der Waals surface area contributed by atoms with E-state index < -0.39 is 23.6 Å². The second-order valence-electron chi connectivity index (χ2n) is 7.43. The van der Waals surface area contributed by atoms with Crippen molar-refractivity contribution in [2.75, 3.05) is 11.9 Å². The van der Waals surface area contributed by atoms with E-state index in [1.165, 1.54) is 23.4 Å². The number of benzene rings is 1. The van der Waals surface area contributed by atoms with Gasteiger partial charge in [-0.1, -0.05) is 19.1 Å². The summed E-state index contributed by atoms with van der Waals surface area (Å²) in [6, 6.07) is 7.78. The molecule has 5 N–H and O–H groups in total. The van der Waals surface area contributed by atoms with Gasteiger partial charge in [0.25, 0.3) is 0 Å². The van der Waals surface area contributed by atoms with Crippen molar-refractivity contribution in [3.05, 3.63) is 59.4 Å². The minimum absolute atomic E-state index is 0.119. The maximum Gasteiger partial charge on any atom is 0.313 e. The van der Waals surface area contributed by atoms with E-state index in [9.17, 15) is 19.2 Å². The fourth-order valence-corrected chi connectivity index (χ4v) is 3.58. The first-order chi connectivity index (χ1) is 14.3. The van der Waals surface area contributed by atoms with Crippen LogP contribution in [0.3, 0.4) is 0 Å². The van der Waals surface area contributed by atoms with Crippen LogP contribution in [-0.2, 0) is 9.59 Å². The van der Waals surface area contributed by atoms with E-state index in [2.05, 4.69) is 10.3 Å². The minimum Gasteiger partial charge on any atom is -0.366 e. The van der Waals surface area contributed by atoms with Crippen LogP contribution in [0.4, 0.5) is 5.69 Å². The summed E-state index contributed by atoms with van der Waals surface area (Å²) in [5.41, 5.74) is 12.0. The molecule has 2 atom stereocenters. The molecule has 0 bridgehead atoms. The lowest BCUT2D eigenvalue weighted by molar-refractivity contribution is -0.146. The van der Waals surface area contributed by atoms with Crippen LogP contribution in [0.5, 0.6) is 0 Å². The normalized spacial score (nSPS) is 18.5. The van der Waals surface area contributed by atoms with Crippen LogP contribution in [-0.4, -0.2) is 40.1 Å². The summed E-state index contributed by atoms with van der Waals surface area (Å²) in [4.78, 5) is 53.8. The molecule has 0 radical (unpaired) electrons. The van der Waals surface area contributed by atoms with Crippen LogP contribution < -0.4 is 16.8 Å². The average molecular weight is 409 g/mol. The monoisotopic (exact) mass is 409 g/mol. The van der Waals surface area contributed by atoms with Crippen LogP contribution in [0, 0.1) is 5.92 Å². The number of nitrogens with one attached hydrogen (secondary N) is 1. The van der Waals surface area contributed by atoms with E-state index in [4.69, 9.17) is 11.5 Å². The number of rotatable bonds is 4. The Kier molecular flexibility index (Phi) is 6.10. The highest BCUT2D eigenvalue weighted by Gasteiger charge is 2.34. The van der Waals surface area contributed by atoms with Crippen LogP contribution in [0.25, 0.3) is 0 Å². The number of nitrogens with two attached hydrogens (primary N) is 2.